The second-order valence-electron chi connectivity index (χ2n) is 2.54. The van der Waals surface area contributed by atoms with Crippen molar-refractivity contribution in [1.29, 1.82) is 0 Å². The molecular weight excluding hydrogens is 168 g/mol. The third-order valence-corrected chi connectivity index (χ3v) is 1.70. The lowest BCUT2D eigenvalue weighted by Gasteiger charge is -1.92. The van der Waals surface area contributed by atoms with Gasteiger partial charge in [-0.25, -0.2) is 0 Å². The normalized spacial score (nSPS) is 9.85. The fraction of sp³-hybridized carbons (Fsp3) is 0.143. The highest BCUT2D eigenvalue weighted by molar-refractivity contribution is 5.74. The molecule has 0 bridgehead atoms. The summed E-state index contributed by atoms with van der Waals surface area (Å²) in [7, 11) is 0. The fourth-order valence-electron chi connectivity index (χ4n) is 1.10. The van der Waals surface area contributed by atoms with Crippen LogP contribution in [0, 0.1) is 0 Å². The molecule has 0 unspecified atom stereocenters. The number of nitrogens with zero attached hydrogens (tertiary/aromatic N) is 5. The van der Waals surface area contributed by atoms with Crippen LogP contribution < -0.4 is 0 Å². The van der Waals surface area contributed by atoms with Gasteiger partial charge in [-0.3, -0.25) is 0 Å². The first-order chi connectivity index (χ1) is 6.40. The number of nitrogens with one attached hydrogen (secondary N) is 1. The summed E-state index contributed by atoms with van der Waals surface area (Å²) < 4.78 is 0. The minimum absolute atomic E-state index is 0.347. The number of hydrogen-bond donors (Lipinski definition) is 1. The Labute approximate surface area is 73.2 Å². The minimum Gasteiger partial charge on any atom is -0.197 e. The Morgan fingerprint density at radius 1 is 1.38 bits per heavy atom. The number of benzene rings is 1. The first-order valence-electron chi connectivity index (χ1n) is 3.70. The third-order valence-electron chi connectivity index (χ3n) is 1.70. The Balaban J connectivity index is 2.42. The molecule has 0 spiro atoms. The molecule has 6 heteroatoms. The van der Waals surface area contributed by atoms with Gasteiger partial charge < -0.3 is 0 Å². The lowest BCUT2D eigenvalue weighted by molar-refractivity contribution is 0.959. The maximum atomic E-state index is 8.13. The van der Waals surface area contributed by atoms with Crippen molar-refractivity contribution >= 4 is 11.0 Å². The largest absolute Gasteiger partial charge is 0.197 e. The molecule has 0 saturated carbocycles. The number of aromatic nitrogens is 3. The highest BCUT2D eigenvalue weighted by Gasteiger charge is 1.97. The number of H-pyrrole nitrogens is 1. The van der Waals surface area contributed by atoms with Crippen LogP contribution in [0.3, 0.4) is 0 Å². The Morgan fingerprint density at radius 2 is 2.23 bits per heavy atom. The maximum absolute atomic E-state index is 8.13. The van der Waals surface area contributed by atoms with E-state index in [4.69, 9.17) is 5.53 Å². The van der Waals surface area contributed by atoms with Crippen molar-refractivity contribution in [2.75, 3.05) is 0 Å². The summed E-state index contributed by atoms with van der Waals surface area (Å²) >= 11 is 0. The van der Waals surface area contributed by atoms with Crippen LogP contribution in [0.15, 0.2) is 23.3 Å². The molecule has 0 aliphatic rings. The van der Waals surface area contributed by atoms with E-state index in [0.29, 0.717) is 6.54 Å². The standard InChI is InChI=1S/C7H6N6/c8-12-9-4-5-1-2-6-7(3-5)11-13-10-6/h1-3H,4H2,(H,10,11,13). The summed E-state index contributed by atoms with van der Waals surface area (Å²) in [5.74, 6) is 0. The third kappa shape index (κ3) is 1.43. The van der Waals surface area contributed by atoms with E-state index in [1.165, 1.54) is 0 Å². The van der Waals surface area contributed by atoms with Gasteiger partial charge >= 0.3 is 0 Å². The zero-order chi connectivity index (χ0) is 9.10. The monoisotopic (exact) mass is 174 g/mol. The molecule has 0 aliphatic heterocycles. The van der Waals surface area contributed by atoms with Gasteiger partial charge in [0.2, 0.25) is 0 Å². The second kappa shape index (κ2) is 3.12. The molecule has 1 aromatic carbocycles. The number of fused-ring (bicyclic) bond motifs is 1. The van der Waals surface area contributed by atoms with Crippen molar-refractivity contribution in [2.24, 2.45) is 5.11 Å². The van der Waals surface area contributed by atoms with Crippen LogP contribution in [-0.2, 0) is 6.54 Å². The number of rotatable bonds is 2. The van der Waals surface area contributed by atoms with Gasteiger partial charge in [-0.1, -0.05) is 11.2 Å². The van der Waals surface area contributed by atoms with Crippen molar-refractivity contribution in [3.63, 3.8) is 0 Å². The van der Waals surface area contributed by atoms with Crippen LogP contribution in [0.1, 0.15) is 5.56 Å². The number of azide groups is 1. The van der Waals surface area contributed by atoms with Crippen molar-refractivity contribution in [1.82, 2.24) is 15.4 Å². The van der Waals surface area contributed by atoms with E-state index in [2.05, 4.69) is 25.4 Å². The molecule has 2 aromatic rings. The Morgan fingerprint density at radius 3 is 3.08 bits per heavy atom. The highest BCUT2D eigenvalue weighted by atomic mass is 15.3. The van der Waals surface area contributed by atoms with Crippen LogP contribution in [-0.4, -0.2) is 15.4 Å². The molecule has 0 amide bonds. The van der Waals surface area contributed by atoms with Crippen LogP contribution in [0.2, 0.25) is 0 Å². The average molecular weight is 174 g/mol. The number of hydrogen-bond acceptors (Lipinski definition) is 3. The molecule has 1 N–H and O–H groups in total. The van der Waals surface area contributed by atoms with E-state index in [1.54, 1.807) is 0 Å². The minimum atomic E-state index is 0.347. The maximum Gasteiger partial charge on any atom is 0.113 e. The molecule has 2 rings (SSSR count). The van der Waals surface area contributed by atoms with Gasteiger partial charge in [-0.2, -0.15) is 15.4 Å². The van der Waals surface area contributed by atoms with Gasteiger partial charge in [0.15, 0.2) is 0 Å². The lowest BCUT2D eigenvalue weighted by Crippen LogP contribution is -1.79. The summed E-state index contributed by atoms with van der Waals surface area (Å²) in [5.41, 5.74) is 10.6. The summed E-state index contributed by atoms with van der Waals surface area (Å²) in [6.45, 7) is 0.347. The molecule has 0 aliphatic carbocycles. The van der Waals surface area contributed by atoms with Gasteiger partial charge in [0.05, 0.1) is 6.54 Å². The van der Waals surface area contributed by atoms with Crippen molar-refractivity contribution in [2.45, 2.75) is 6.54 Å². The van der Waals surface area contributed by atoms with Gasteiger partial charge in [-0.05, 0) is 23.2 Å². The smallest absolute Gasteiger partial charge is 0.113 e. The van der Waals surface area contributed by atoms with Crippen LogP contribution in [0.25, 0.3) is 21.5 Å². The van der Waals surface area contributed by atoms with Crippen LogP contribution in [0.4, 0.5) is 0 Å². The second-order valence-corrected chi connectivity index (χ2v) is 2.54. The highest BCUT2D eigenvalue weighted by Crippen LogP contribution is 2.11. The van der Waals surface area contributed by atoms with Crippen molar-refractivity contribution in [3.05, 3.63) is 34.2 Å². The zero-order valence-electron chi connectivity index (χ0n) is 6.68. The van der Waals surface area contributed by atoms with Crippen molar-refractivity contribution < 1.29 is 0 Å². The predicted octanol–water partition coefficient (Wildman–Crippen LogP) is 1.77. The summed E-state index contributed by atoms with van der Waals surface area (Å²) in [4.78, 5) is 2.68. The quantitative estimate of drug-likeness (QED) is 0.427. The topological polar surface area (TPSA) is 90.3 Å². The summed E-state index contributed by atoms with van der Waals surface area (Å²) in [5, 5.41) is 13.8. The molecule has 64 valence electrons. The van der Waals surface area contributed by atoms with Gasteiger partial charge in [0.1, 0.15) is 11.0 Å². The molecule has 0 saturated heterocycles. The fourth-order valence-corrected chi connectivity index (χ4v) is 1.10. The molecule has 1 heterocycles. The molecule has 13 heavy (non-hydrogen) atoms. The van der Waals surface area contributed by atoms with E-state index >= 15 is 0 Å². The summed E-state index contributed by atoms with van der Waals surface area (Å²) in [6, 6.07) is 5.54. The Hall–Kier alpha value is -2.07. The summed E-state index contributed by atoms with van der Waals surface area (Å²) in [6.07, 6.45) is 0. The molecular formula is C7H6N6. The zero-order valence-corrected chi connectivity index (χ0v) is 6.68. The molecule has 6 nitrogen and oxygen atoms in total. The van der Waals surface area contributed by atoms with Gasteiger partial charge in [0.25, 0.3) is 0 Å². The lowest BCUT2D eigenvalue weighted by atomic mass is 10.2. The molecule has 1 aromatic heterocycles. The molecule has 0 radical (unpaired) electrons. The SMILES string of the molecule is [N-]=[N+]=NCc1ccc2n[nH]nc2c1. The van der Waals surface area contributed by atoms with E-state index in [-0.39, 0.29) is 0 Å². The van der Waals surface area contributed by atoms with E-state index in [0.717, 1.165) is 16.6 Å². The van der Waals surface area contributed by atoms with Crippen LogP contribution in [0.5, 0.6) is 0 Å². The molecule has 0 fully saturated rings. The van der Waals surface area contributed by atoms with Crippen LogP contribution >= 0.6 is 0 Å². The Kier molecular flexibility index (Phi) is 1.82. The first-order valence-corrected chi connectivity index (χ1v) is 3.70. The van der Waals surface area contributed by atoms with Gasteiger partial charge in [-0.15, -0.1) is 0 Å². The van der Waals surface area contributed by atoms with Gasteiger partial charge in [0, 0.05) is 4.91 Å². The molecule has 0 atom stereocenters. The average Bonchev–Trinajstić information content (AvgIpc) is 2.61. The Bertz CT molecular complexity index is 467. The number of aromatic amines is 1. The first kappa shape index (κ1) is 7.57. The van der Waals surface area contributed by atoms with Crippen molar-refractivity contribution in [3.8, 4) is 0 Å². The van der Waals surface area contributed by atoms with E-state index < -0.39 is 0 Å². The predicted molar refractivity (Wildman–Crippen MR) is 46.7 cm³/mol. The van der Waals surface area contributed by atoms with E-state index in [1.807, 2.05) is 18.2 Å². The van der Waals surface area contributed by atoms with E-state index in [9.17, 15) is 0 Å².